The fourth-order valence-electron chi connectivity index (χ4n) is 2.71. The summed E-state index contributed by atoms with van der Waals surface area (Å²) >= 11 is 0. The maximum absolute atomic E-state index is 12.6. The second kappa shape index (κ2) is 4.72. The molecule has 2 rings (SSSR count). The van der Waals surface area contributed by atoms with Gasteiger partial charge in [-0.2, -0.15) is 0 Å². The lowest BCUT2D eigenvalue weighted by Crippen LogP contribution is -2.51. The molecule has 2 aliphatic rings. The Morgan fingerprint density at radius 2 is 2.06 bits per heavy atom. The number of morpholine rings is 1. The van der Waals surface area contributed by atoms with E-state index < -0.39 is 0 Å². The van der Waals surface area contributed by atoms with Crippen LogP contribution in [0.4, 0.5) is 0 Å². The van der Waals surface area contributed by atoms with Crippen LogP contribution in [0.5, 0.6) is 0 Å². The minimum atomic E-state index is -0.169. The van der Waals surface area contributed by atoms with Crippen LogP contribution in [0.3, 0.4) is 0 Å². The number of hydrogen-bond donors (Lipinski definition) is 1. The molecule has 16 heavy (non-hydrogen) atoms. The summed E-state index contributed by atoms with van der Waals surface area (Å²) in [6.07, 6.45) is 0.973. The maximum Gasteiger partial charge on any atom is 0.230 e. The van der Waals surface area contributed by atoms with Gasteiger partial charge in [0.2, 0.25) is 5.91 Å². The summed E-state index contributed by atoms with van der Waals surface area (Å²) in [6.45, 7) is 9.01. The number of carbonyl (C=O) groups excluding carboxylic acids is 1. The second-order valence-corrected chi connectivity index (χ2v) is 5.14. The van der Waals surface area contributed by atoms with E-state index in [-0.39, 0.29) is 5.41 Å². The minimum absolute atomic E-state index is 0.169. The number of hydrogen-bond acceptors (Lipinski definition) is 3. The molecule has 0 aromatic rings. The Bertz CT molecular complexity index is 254. The van der Waals surface area contributed by atoms with Crippen LogP contribution in [0.2, 0.25) is 0 Å². The SMILES string of the molecule is CC(C)C1(C(=O)N2CCOCC2)CCNC1. The van der Waals surface area contributed by atoms with Gasteiger partial charge in [0.15, 0.2) is 0 Å². The molecule has 2 heterocycles. The van der Waals surface area contributed by atoms with Crippen molar-refractivity contribution in [2.24, 2.45) is 11.3 Å². The molecule has 1 unspecified atom stereocenters. The largest absolute Gasteiger partial charge is 0.378 e. The zero-order valence-corrected chi connectivity index (χ0v) is 10.3. The lowest BCUT2D eigenvalue weighted by Gasteiger charge is -2.38. The van der Waals surface area contributed by atoms with E-state index in [1.807, 2.05) is 4.90 Å². The molecule has 0 aromatic carbocycles. The average molecular weight is 226 g/mol. The maximum atomic E-state index is 12.6. The summed E-state index contributed by atoms with van der Waals surface area (Å²) in [5.74, 6) is 0.730. The molecule has 0 bridgehead atoms. The molecule has 0 aliphatic carbocycles. The van der Waals surface area contributed by atoms with Crippen LogP contribution >= 0.6 is 0 Å². The molecule has 4 nitrogen and oxygen atoms in total. The molecule has 0 radical (unpaired) electrons. The lowest BCUT2D eigenvalue weighted by molar-refractivity contribution is -0.147. The molecule has 2 saturated heterocycles. The van der Waals surface area contributed by atoms with Crippen molar-refractivity contribution in [3.05, 3.63) is 0 Å². The van der Waals surface area contributed by atoms with Crippen LogP contribution in [0, 0.1) is 11.3 Å². The zero-order chi connectivity index (χ0) is 11.6. The van der Waals surface area contributed by atoms with Gasteiger partial charge in [0, 0.05) is 19.6 Å². The van der Waals surface area contributed by atoms with Crippen molar-refractivity contribution < 1.29 is 9.53 Å². The Labute approximate surface area is 97.3 Å². The van der Waals surface area contributed by atoms with E-state index >= 15 is 0 Å². The predicted octanol–water partition coefficient (Wildman–Crippen LogP) is 0.481. The first-order valence-electron chi connectivity index (χ1n) is 6.25. The van der Waals surface area contributed by atoms with Gasteiger partial charge in [-0.3, -0.25) is 4.79 Å². The van der Waals surface area contributed by atoms with Gasteiger partial charge in [0.25, 0.3) is 0 Å². The fraction of sp³-hybridized carbons (Fsp3) is 0.917. The summed E-state index contributed by atoms with van der Waals surface area (Å²) in [5, 5.41) is 3.34. The summed E-state index contributed by atoms with van der Waals surface area (Å²) in [4.78, 5) is 14.6. The van der Waals surface area contributed by atoms with E-state index in [9.17, 15) is 4.79 Å². The van der Waals surface area contributed by atoms with Gasteiger partial charge >= 0.3 is 0 Å². The highest BCUT2D eigenvalue weighted by molar-refractivity contribution is 5.83. The van der Waals surface area contributed by atoms with Gasteiger partial charge in [-0.15, -0.1) is 0 Å². The molecule has 2 fully saturated rings. The molecule has 1 amide bonds. The van der Waals surface area contributed by atoms with E-state index in [2.05, 4.69) is 19.2 Å². The molecular formula is C12H22N2O2. The summed E-state index contributed by atoms with van der Waals surface area (Å²) < 4.78 is 5.30. The first-order valence-corrected chi connectivity index (χ1v) is 6.25. The van der Waals surface area contributed by atoms with E-state index in [0.717, 1.165) is 32.6 Å². The van der Waals surface area contributed by atoms with E-state index in [4.69, 9.17) is 4.74 Å². The van der Waals surface area contributed by atoms with Gasteiger partial charge in [-0.05, 0) is 18.9 Å². The molecular weight excluding hydrogens is 204 g/mol. The third-order valence-corrected chi connectivity index (χ3v) is 4.02. The van der Waals surface area contributed by atoms with Gasteiger partial charge in [-0.25, -0.2) is 0 Å². The standard InChI is InChI=1S/C12H22N2O2/c1-10(2)12(3-4-13-9-12)11(15)14-5-7-16-8-6-14/h10,13H,3-9H2,1-2H3. The molecule has 0 saturated carbocycles. The number of carbonyl (C=O) groups is 1. The highest BCUT2D eigenvalue weighted by Gasteiger charge is 2.46. The smallest absolute Gasteiger partial charge is 0.230 e. The van der Waals surface area contributed by atoms with Gasteiger partial charge in [-0.1, -0.05) is 13.8 Å². The van der Waals surface area contributed by atoms with E-state index in [1.165, 1.54) is 0 Å². The third kappa shape index (κ3) is 1.96. The summed E-state index contributed by atoms with van der Waals surface area (Å²) in [6, 6.07) is 0. The molecule has 1 N–H and O–H groups in total. The Balaban J connectivity index is 2.10. The number of rotatable bonds is 2. The van der Waals surface area contributed by atoms with Crippen molar-refractivity contribution >= 4 is 5.91 Å². The molecule has 92 valence electrons. The van der Waals surface area contributed by atoms with Gasteiger partial charge in [0.1, 0.15) is 0 Å². The molecule has 4 heteroatoms. The third-order valence-electron chi connectivity index (χ3n) is 4.02. The Morgan fingerprint density at radius 1 is 1.38 bits per heavy atom. The van der Waals surface area contributed by atoms with Crippen LogP contribution in [0.25, 0.3) is 0 Å². The first-order chi connectivity index (χ1) is 7.67. The first kappa shape index (κ1) is 11.9. The van der Waals surface area contributed by atoms with Crippen LogP contribution in [-0.4, -0.2) is 50.2 Å². The zero-order valence-electron chi connectivity index (χ0n) is 10.3. The van der Waals surface area contributed by atoms with Crippen molar-refractivity contribution in [1.29, 1.82) is 0 Å². The predicted molar refractivity (Wildman–Crippen MR) is 62.2 cm³/mol. The van der Waals surface area contributed by atoms with Crippen LogP contribution in [0.1, 0.15) is 20.3 Å². The number of amides is 1. The Kier molecular flexibility index (Phi) is 3.50. The van der Waals surface area contributed by atoms with Crippen molar-refractivity contribution in [2.75, 3.05) is 39.4 Å². The highest BCUT2D eigenvalue weighted by atomic mass is 16.5. The average Bonchev–Trinajstić information content (AvgIpc) is 2.79. The highest BCUT2D eigenvalue weighted by Crippen LogP contribution is 2.36. The number of nitrogens with zero attached hydrogens (tertiary/aromatic N) is 1. The van der Waals surface area contributed by atoms with Gasteiger partial charge in [0.05, 0.1) is 18.6 Å². The monoisotopic (exact) mass is 226 g/mol. The fourth-order valence-corrected chi connectivity index (χ4v) is 2.71. The molecule has 2 aliphatic heterocycles. The molecule has 0 spiro atoms. The Morgan fingerprint density at radius 3 is 2.56 bits per heavy atom. The topological polar surface area (TPSA) is 41.6 Å². The minimum Gasteiger partial charge on any atom is -0.378 e. The number of ether oxygens (including phenoxy) is 1. The van der Waals surface area contributed by atoms with Crippen LogP contribution < -0.4 is 5.32 Å². The van der Waals surface area contributed by atoms with Crippen molar-refractivity contribution in [3.8, 4) is 0 Å². The normalized spacial score (nSPS) is 31.1. The van der Waals surface area contributed by atoms with Gasteiger partial charge < -0.3 is 15.0 Å². The van der Waals surface area contributed by atoms with E-state index in [1.54, 1.807) is 0 Å². The summed E-state index contributed by atoms with van der Waals surface area (Å²) in [7, 11) is 0. The summed E-state index contributed by atoms with van der Waals surface area (Å²) in [5.41, 5.74) is -0.169. The Hall–Kier alpha value is -0.610. The molecule has 0 aromatic heterocycles. The second-order valence-electron chi connectivity index (χ2n) is 5.14. The quantitative estimate of drug-likeness (QED) is 0.744. The van der Waals surface area contributed by atoms with Crippen molar-refractivity contribution in [2.45, 2.75) is 20.3 Å². The van der Waals surface area contributed by atoms with Crippen molar-refractivity contribution in [1.82, 2.24) is 10.2 Å². The van der Waals surface area contributed by atoms with Crippen molar-refractivity contribution in [3.63, 3.8) is 0 Å². The number of nitrogens with one attached hydrogen (secondary N) is 1. The van der Waals surface area contributed by atoms with Crippen LogP contribution in [-0.2, 0) is 9.53 Å². The van der Waals surface area contributed by atoms with E-state index in [0.29, 0.717) is 25.0 Å². The lowest BCUT2D eigenvalue weighted by atomic mass is 9.75. The molecule has 1 atom stereocenters. The van der Waals surface area contributed by atoms with Crippen LogP contribution in [0.15, 0.2) is 0 Å².